The molecule has 1 amide bonds. The van der Waals surface area contributed by atoms with E-state index in [4.69, 9.17) is 5.11 Å². The zero-order chi connectivity index (χ0) is 13.9. The van der Waals surface area contributed by atoms with Crippen molar-refractivity contribution in [1.29, 1.82) is 0 Å². The van der Waals surface area contributed by atoms with Crippen LogP contribution in [0.4, 0.5) is 0 Å². The van der Waals surface area contributed by atoms with Crippen LogP contribution in [0.1, 0.15) is 40.5 Å². The Morgan fingerprint density at radius 1 is 1.39 bits per heavy atom. The predicted octanol–water partition coefficient (Wildman–Crippen LogP) is 1.09. The van der Waals surface area contributed by atoms with E-state index in [-0.39, 0.29) is 36.4 Å². The number of aliphatic carboxylic acids is 1. The van der Waals surface area contributed by atoms with Gasteiger partial charge in [-0.15, -0.1) is 0 Å². The Hall–Kier alpha value is -1.10. The third kappa shape index (κ3) is 3.70. The Balaban J connectivity index is 2.76. The molecule has 0 aliphatic carbocycles. The molecule has 1 saturated heterocycles. The fraction of sp³-hybridized carbons (Fsp3) is 0.846. The first-order valence-electron chi connectivity index (χ1n) is 6.50. The number of carboxylic acid groups (broad SMARTS) is 1. The van der Waals surface area contributed by atoms with Crippen LogP contribution in [-0.2, 0) is 9.59 Å². The highest BCUT2D eigenvalue weighted by Crippen LogP contribution is 2.23. The number of carbonyl (C=O) groups is 2. The molecule has 2 unspecified atom stereocenters. The summed E-state index contributed by atoms with van der Waals surface area (Å²) in [6.45, 7) is 8.97. The van der Waals surface area contributed by atoms with Crippen molar-refractivity contribution in [2.24, 2.45) is 5.92 Å². The van der Waals surface area contributed by atoms with Gasteiger partial charge in [-0.05, 0) is 40.7 Å². The maximum absolute atomic E-state index is 12.5. The number of nitrogens with one attached hydrogen (secondary N) is 1. The third-order valence-corrected chi connectivity index (χ3v) is 3.47. The molecule has 0 bridgehead atoms. The highest BCUT2D eigenvalue weighted by molar-refractivity contribution is 5.81. The van der Waals surface area contributed by atoms with Gasteiger partial charge in [0.15, 0.2) is 0 Å². The zero-order valence-corrected chi connectivity index (χ0v) is 11.7. The smallest absolute Gasteiger partial charge is 0.305 e. The van der Waals surface area contributed by atoms with Crippen LogP contribution in [0.3, 0.4) is 0 Å². The number of hydrogen-bond acceptors (Lipinski definition) is 3. The van der Waals surface area contributed by atoms with Gasteiger partial charge in [-0.2, -0.15) is 0 Å². The summed E-state index contributed by atoms with van der Waals surface area (Å²) in [5.74, 6) is -0.825. The highest BCUT2D eigenvalue weighted by Gasteiger charge is 2.36. The lowest BCUT2D eigenvalue weighted by Gasteiger charge is -2.38. The van der Waals surface area contributed by atoms with Gasteiger partial charge in [0.2, 0.25) is 5.91 Å². The monoisotopic (exact) mass is 256 g/mol. The third-order valence-electron chi connectivity index (χ3n) is 3.47. The highest BCUT2D eigenvalue weighted by atomic mass is 16.4. The lowest BCUT2D eigenvalue weighted by Crippen LogP contribution is -2.50. The zero-order valence-electron chi connectivity index (χ0n) is 11.7. The first kappa shape index (κ1) is 15.0. The number of amides is 1. The minimum atomic E-state index is -0.866. The van der Waals surface area contributed by atoms with E-state index in [9.17, 15) is 9.59 Å². The van der Waals surface area contributed by atoms with Crippen molar-refractivity contribution in [2.75, 3.05) is 13.1 Å². The fourth-order valence-corrected chi connectivity index (χ4v) is 2.38. The number of carbonyl (C=O) groups excluding carboxylic acids is 1. The van der Waals surface area contributed by atoms with Gasteiger partial charge in [0.25, 0.3) is 0 Å². The Labute approximate surface area is 109 Å². The minimum absolute atomic E-state index is 0.00244. The largest absolute Gasteiger partial charge is 0.481 e. The molecule has 0 aromatic rings. The number of nitrogens with zero attached hydrogens (tertiary/aromatic N) is 1. The molecule has 1 rings (SSSR count). The molecule has 1 heterocycles. The van der Waals surface area contributed by atoms with Crippen LogP contribution in [0.15, 0.2) is 0 Å². The Kier molecular flexibility index (Phi) is 4.73. The second-order valence-electron chi connectivity index (χ2n) is 5.94. The van der Waals surface area contributed by atoms with Crippen molar-refractivity contribution >= 4 is 11.9 Å². The molecule has 0 aromatic carbocycles. The molecule has 104 valence electrons. The quantitative estimate of drug-likeness (QED) is 0.790. The fourth-order valence-electron chi connectivity index (χ4n) is 2.38. The van der Waals surface area contributed by atoms with Crippen LogP contribution < -0.4 is 5.32 Å². The molecular weight excluding hydrogens is 232 g/mol. The maximum atomic E-state index is 12.5. The average molecular weight is 256 g/mol. The average Bonchev–Trinajstić information content (AvgIpc) is 2.61. The molecule has 2 atom stereocenters. The van der Waals surface area contributed by atoms with Crippen LogP contribution in [0.2, 0.25) is 0 Å². The second kappa shape index (κ2) is 5.69. The van der Waals surface area contributed by atoms with Gasteiger partial charge in [-0.1, -0.05) is 0 Å². The van der Waals surface area contributed by atoms with E-state index in [1.165, 1.54) is 0 Å². The van der Waals surface area contributed by atoms with E-state index in [2.05, 4.69) is 5.32 Å². The van der Waals surface area contributed by atoms with Crippen LogP contribution in [-0.4, -0.2) is 46.6 Å². The van der Waals surface area contributed by atoms with E-state index < -0.39 is 5.97 Å². The van der Waals surface area contributed by atoms with Crippen LogP contribution in [0.5, 0.6) is 0 Å². The van der Waals surface area contributed by atoms with Gasteiger partial charge in [-0.25, -0.2) is 0 Å². The Bertz CT molecular complexity index is 323. The van der Waals surface area contributed by atoms with Crippen molar-refractivity contribution in [3.05, 3.63) is 0 Å². The van der Waals surface area contributed by atoms with Gasteiger partial charge in [0.05, 0.1) is 12.3 Å². The van der Waals surface area contributed by atoms with Crippen LogP contribution in [0.25, 0.3) is 0 Å². The molecule has 1 aliphatic rings. The first-order chi connectivity index (χ1) is 8.23. The van der Waals surface area contributed by atoms with Gasteiger partial charge < -0.3 is 15.3 Å². The summed E-state index contributed by atoms with van der Waals surface area (Å²) in [4.78, 5) is 24.9. The summed E-state index contributed by atoms with van der Waals surface area (Å²) in [7, 11) is 0. The summed E-state index contributed by atoms with van der Waals surface area (Å²) in [6, 6.07) is 0.173. The van der Waals surface area contributed by atoms with Crippen LogP contribution in [0, 0.1) is 5.92 Å². The lowest BCUT2D eigenvalue weighted by molar-refractivity contribution is -0.143. The Morgan fingerprint density at radius 2 is 2.00 bits per heavy atom. The lowest BCUT2D eigenvalue weighted by atomic mass is 9.96. The van der Waals surface area contributed by atoms with E-state index in [1.54, 1.807) is 4.90 Å². The molecular formula is C13H24N2O3. The number of hydrogen-bond donors (Lipinski definition) is 2. The summed E-state index contributed by atoms with van der Waals surface area (Å²) in [5, 5.41) is 12.0. The second-order valence-corrected chi connectivity index (χ2v) is 5.94. The molecule has 0 radical (unpaired) electrons. The molecule has 0 saturated carbocycles. The van der Waals surface area contributed by atoms with Crippen molar-refractivity contribution in [3.8, 4) is 0 Å². The van der Waals surface area contributed by atoms with Gasteiger partial charge in [0.1, 0.15) is 0 Å². The van der Waals surface area contributed by atoms with Gasteiger partial charge in [0, 0.05) is 18.1 Å². The van der Waals surface area contributed by atoms with Crippen molar-refractivity contribution in [3.63, 3.8) is 0 Å². The maximum Gasteiger partial charge on any atom is 0.305 e. The molecule has 18 heavy (non-hydrogen) atoms. The normalized spacial score (nSPS) is 24.0. The van der Waals surface area contributed by atoms with Crippen molar-refractivity contribution < 1.29 is 14.7 Å². The van der Waals surface area contributed by atoms with Crippen molar-refractivity contribution in [2.45, 2.75) is 52.1 Å². The molecule has 2 N–H and O–H groups in total. The summed E-state index contributed by atoms with van der Waals surface area (Å²) in [6.07, 6.45) is 0.831. The number of rotatable bonds is 4. The number of carboxylic acids is 1. The minimum Gasteiger partial charge on any atom is -0.481 e. The molecule has 0 spiro atoms. The molecule has 1 aliphatic heterocycles. The van der Waals surface area contributed by atoms with E-state index in [0.717, 1.165) is 13.0 Å². The van der Waals surface area contributed by atoms with Gasteiger partial charge in [-0.3, -0.25) is 9.59 Å². The summed E-state index contributed by atoms with van der Waals surface area (Å²) < 4.78 is 0. The summed E-state index contributed by atoms with van der Waals surface area (Å²) >= 11 is 0. The SMILES string of the molecule is CC1NCCC1C(=O)N(CCC(=O)O)C(C)(C)C. The van der Waals surface area contributed by atoms with E-state index in [1.807, 2.05) is 27.7 Å². The van der Waals surface area contributed by atoms with Crippen molar-refractivity contribution in [1.82, 2.24) is 10.2 Å². The summed E-state index contributed by atoms with van der Waals surface area (Å²) in [5.41, 5.74) is -0.338. The predicted molar refractivity (Wildman–Crippen MR) is 69.3 cm³/mol. The van der Waals surface area contributed by atoms with Gasteiger partial charge >= 0.3 is 5.97 Å². The van der Waals surface area contributed by atoms with Crippen LogP contribution >= 0.6 is 0 Å². The molecule has 0 aromatic heterocycles. The molecule has 5 nitrogen and oxygen atoms in total. The van der Waals surface area contributed by atoms with E-state index >= 15 is 0 Å². The molecule has 1 fully saturated rings. The standard InChI is InChI=1S/C13H24N2O3/c1-9-10(5-7-14-9)12(18)15(13(2,3)4)8-6-11(16)17/h9-10,14H,5-8H2,1-4H3,(H,16,17). The molecule has 5 heteroatoms. The topological polar surface area (TPSA) is 69.6 Å². The Morgan fingerprint density at radius 3 is 2.39 bits per heavy atom. The first-order valence-corrected chi connectivity index (χ1v) is 6.50. The van der Waals surface area contributed by atoms with E-state index in [0.29, 0.717) is 0 Å².